The zero-order valence-corrected chi connectivity index (χ0v) is 9.45. The van der Waals surface area contributed by atoms with Gasteiger partial charge in [0.15, 0.2) is 0 Å². The van der Waals surface area contributed by atoms with E-state index in [1.165, 1.54) is 11.8 Å². The molecular weight excluding hydrogens is 222 g/mol. The highest BCUT2D eigenvalue weighted by Gasteiger charge is 2.03. The lowest BCUT2D eigenvalue weighted by Gasteiger charge is -2.01. The Bertz CT molecular complexity index is 325. The third-order valence-corrected chi connectivity index (χ3v) is 2.52. The summed E-state index contributed by atoms with van der Waals surface area (Å²) in [6.07, 6.45) is 0. The van der Waals surface area contributed by atoms with Crippen molar-refractivity contribution in [3.05, 3.63) is 17.0 Å². The van der Waals surface area contributed by atoms with Crippen molar-refractivity contribution in [2.24, 2.45) is 0 Å². The van der Waals surface area contributed by atoms with Crippen LogP contribution < -0.4 is 5.32 Å². The minimum absolute atomic E-state index is 0.0395. The fraction of sp³-hybridized carbons (Fsp3) is 0.375. The van der Waals surface area contributed by atoms with Gasteiger partial charge in [0.05, 0.1) is 5.75 Å². The van der Waals surface area contributed by atoms with Gasteiger partial charge in [0.25, 0.3) is 0 Å². The first-order valence-electron chi connectivity index (χ1n) is 3.96. The Balaban J connectivity index is 2.63. The smallest absolute Gasteiger partial charge is 0.230 e. The second-order valence-corrected chi connectivity index (χ2v) is 3.92. The molecule has 0 radical (unpaired) electrons. The zero-order valence-electron chi connectivity index (χ0n) is 7.87. The summed E-state index contributed by atoms with van der Waals surface area (Å²) in [4.78, 5) is 19.0. The van der Waals surface area contributed by atoms with Crippen molar-refractivity contribution in [3.63, 3.8) is 0 Å². The van der Waals surface area contributed by atoms with Crippen LogP contribution in [-0.4, -0.2) is 28.7 Å². The predicted molar refractivity (Wildman–Crippen MR) is 56.6 cm³/mol. The maximum Gasteiger partial charge on any atom is 0.230 e. The van der Waals surface area contributed by atoms with E-state index in [2.05, 4.69) is 15.3 Å². The van der Waals surface area contributed by atoms with Crippen molar-refractivity contribution < 1.29 is 4.79 Å². The van der Waals surface area contributed by atoms with Crippen LogP contribution in [-0.2, 0) is 4.79 Å². The van der Waals surface area contributed by atoms with E-state index in [1.54, 1.807) is 20.0 Å². The number of thioether (sulfide) groups is 1. The number of rotatable bonds is 3. The molecule has 0 aromatic carbocycles. The van der Waals surface area contributed by atoms with Crippen molar-refractivity contribution in [2.75, 3.05) is 12.8 Å². The van der Waals surface area contributed by atoms with E-state index in [1.807, 2.05) is 0 Å². The molecule has 0 aliphatic heterocycles. The molecule has 0 bridgehead atoms. The first kappa shape index (κ1) is 11.3. The van der Waals surface area contributed by atoms with E-state index < -0.39 is 0 Å². The van der Waals surface area contributed by atoms with E-state index in [9.17, 15) is 4.79 Å². The molecule has 1 N–H and O–H groups in total. The quantitative estimate of drug-likeness (QED) is 0.629. The highest BCUT2D eigenvalue weighted by atomic mass is 35.5. The van der Waals surface area contributed by atoms with Gasteiger partial charge in [-0.25, -0.2) is 9.97 Å². The molecular formula is C8H10ClN3OS. The van der Waals surface area contributed by atoms with Crippen LogP contribution in [0.25, 0.3) is 0 Å². The van der Waals surface area contributed by atoms with Crippen molar-refractivity contribution in [2.45, 2.75) is 11.9 Å². The molecule has 0 saturated carbocycles. The molecule has 1 aromatic rings. The lowest BCUT2D eigenvalue weighted by atomic mass is 10.6. The first-order chi connectivity index (χ1) is 6.61. The lowest BCUT2D eigenvalue weighted by Crippen LogP contribution is -2.19. The van der Waals surface area contributed by atoms with E-state index in [0.29, 0.717) is 21.8 Å². The summed E-state index contributed by atoms with van der Waals surface area (Å²) in [5.74, 6) is 0.905. The fourth-order valence-electron chi connectivity index (χ4n) is 0.791. The van der Waals surface area contributed by atoms with Gasteiger partial charge in [-0.15, -0.1) is 0 Å². The van der Waals surface area contributed by atoms with Crippen molar-refractivity contribution in [3.8, 4) is 0 Å². The van der Waals surface area contributed by atoms with Gasteiger partial charge in [-0.05, 0) is 6.92 Å². The molecule has 4 nitrogen and oxygen atoms in total. The monoisotopic (exact) mass is 231 g/mol. The van der Waals surface area contributed by atoms with Gasteiger partial charge in [-0.2, -0.15) is 0 Å². The first-order valence-corrected chi connectivity index (χ1v) is 5.32. The highest BCUT2D eigenvalue weighted by molar-refractivity contribution is 7.99. The average molecular weight is 232 g/mol. The molecule has 14 heavy (non-hydrogen) atoms. The number of hydrogen-bond donors (Lipinski definition) is 1. The van der Waals surface area contributed by atoms with Gasteiger partial charge in [0, 0.05) is 13.1 Å². The molecule has 0 aliphatic carbocycles. The second kappa shape index (κ2) is 5.17. The lowest BCUT2D eigenvalue weighted by molar-refractivity contribution is -0.118. The van der Waals surface area contributed by atoms with Crippen molar-refractivity contribution >= 4 is 29.3 Å². The molecule has 1 rings (SSSR count). The van der Waals surface area contributed by atoms with Crippen LogP contribution in [0.2, 0.25) is 5.15 Å². The van der Waals surface area contributed by atoms with Crippen molar-refractivity contribution in [1.82, 2.24) is 15.3 Å². The van der Waals surface area contributed by atoms with Crippen molar-refractivity contribution in [1.29, 1.82) is 0 Å². The summed E-state index contributed by atoms with van der Waals surface area (Å²) in [5.41, 5.74) is 0. The van der Waals surface area contributed by atoms with Crippen LogP contribution in [0, 0.1) is 6.92 Å². The number of amides is 1. The Morgan fingerprint density at radius 3 is 2.93 bits per heavy atom. The Hall–Kier alpha value is -0.810. The van der Waals surface area contributed by atoms with Crippen LogP contribution >= 0.6 is 23.4 Å². The Labute approximate surface area is 91.5 Å². The number of nitrogens with one attached hydrogen (secondary N) is 1. The molecule has 0 unspecified atom stereocenters. The van der Waals surface area contributed by atoms with Crippen LogP contribution in [0.3, 0.4) is 0 Å². The Kier molecular flexibility index (Phi) is 4.16. The van der Waals surface area contributed by atoms with E-state index in [0.717, 1.165) is 0 Å². The topological polar surface area (TPSA) is 54.9 Å². The van der Waals surface area contributed by atoms with Crippen LogP contribution in [0.1, 0.15) is 5.82 Å². The molecule has 76 valence electrons. The number of carbonyl (C=O) groups is 1. The highest BCUT2D eigenvalue weighted by Crippen LogP contribution is 2.18. The number of carbonyl (C=O) groups excluding carboxylic acids is 1. The summed E-state index contributed by atoms with van der Waals surface area (Å²) < 4.78 is 0. The van der Waals surface area contributed by atoms with Gasteiger partial charge >= 0.3 is 0 Å². The minimum Gasteiger partial charge on any atom is -0.358 e. The molecule has 6 heteroatoms. The number of aryl methyl sites for hydroxylation is 1. The fourth-order valence-corrected chi connectivity index (χ4v) is 1.90. The van der Waals surface area contributed by atoms with Crippen LogP contribution in [0.5, 0.6) is 0 Å². The summed E-state index contributed by atoms with van der Waals surface area (Å²) >= 11 is 7.07. The minimum atomic E-state index is -0.0395. The Morgan fingerprint density at radius 1 is 1.64 bits per heavy atom. The number of aromatic nitrogens is 2. The average Bonchev–Trinajstić information content (AvgIpc) is 2.12. The van der Waals surface area contributed by atoms with Crippen LogP contribution in [0.15, 0.2) is 11.1 Å². The standard InChI is InChI=1S/C8H10ClN3OS/c1-5-11-6(9)3-8(12-5)14-4-7(13)10-2/h3H,4H2,1-2H3,(H,10,13). The Morgan fingerprint density at radius 2 is 2.36 bits per heavy atom. The number of halogens is 1. The van der Waals surface area contributed by atoms with E-state index in [-0.39, 0.29) is 5.91 Å². The molecule has 1 amide bonds. The maximum atomic E-state index is 10.9. The van der Waals surface area contributed by atoms with Gasteiger partial charge < -0.3 is 5.32 Å². The van der Waals surface area contributed by atoms with Gasteiger partial charge in [-0.1, -0.05) is 23.4 Å². The maximum absolute atomic E-state index is 10.9. The molecule has 0 saturated heterocycles. The largest absolute Gasteiger partial charge is 0.358 e. The van der Waals surface area contributed by atoms with Gasteiger partial charge in [0.2, 0.25) is 5.91 Å². The number of nitrogens with zero attached hydrogens (tertiary/aromatic N) is 2. The molecule has 1 heterocycles. The predicted octanol–water partition coefficient (Wildman–Crippen LogP) is 1.28. The van der Waals surface area contributed by atoms with Gasteiger partial charge in [0.1, 0.15) is 16.0 Å². The second-order valence-electron chi connectivity index (χ2n) is 2.54. The summed E-state index contributed by atoms with van der Waals surface area (Å²) in [6.45, 7) is 1.76. The molecule has 0 aliphatic rings. The van der Waals surface area contributed by atoms with Gasteiger partial charge in [-0.3, -0.25) is 4.79 Å². The van der Waals surface area contributed by atoms with Crippen LogP contribution in [0.4, 0.5) is 0 Å². The molecule has 0 fully saturated rings. The van der Waals surface area contributed by atoms with E-state index >= 15 is 0 Å². The molecule has 0 atom stereocenters. The zero-order chi connectivity index (χ0) is 10.6. The number of hydrogen-bond acceptors (Lipinski definition) is 4. The normalized spacial score (nSPS) is 9.93. The summed E-state index contributed by atoms with van der Waals surface area (Å²) in [6, 6.07) is 1.64. The molecule has 1 aromatic heterocycles. The molecule has 0 spiro atoms. The SMILES string of the molecule is CNC(=O)CSc1cc(Cl)nc(C)n1. The summed E-state index contributed by atoms with van der Waals surface area (Å²) in [7, 11) is 1.60. The third kappa shape index (κ3) is 3.51. The summed E-state index contributed by atoms with van der Waals surface area (Å²) in [5, 5.41) is 3.64. The third-order valence-electron chi connectivity index (χ3n) is 1.41. The van der Waals surface area contributed by atoms with E-state index in [4.69, 9.17) is 11.6 Å².